The van der Waals surface area contributed by atoms with E-state index in [1.54, 1.807) is 6.92 Å². The summed E-state index contributed by atoms with van der Waals surface area (Å²) >= 11 is 3.45. The highest BCUT2D eigenvalue weighted by atomic mass is 79.9. The van der Waals surface area contributed by atoms with Crippen LogP contribution in [0.3, 0.4) is 0 Å². The number of nitrogens with zero attached hydrogens (tertiary/aromatic N) is 2. The van der Waals surface area contributed by atoms with Gasteiger partial charge in [0.2, 0.25) is 5.95 Å². The van der Waals surface area contributed by atoms with E-state index < -0.39 is 0 Å². The molecular formula is C20H21BrN4O2. The van der Waals surface area contributed by atoms with E-state index in [9.17, 15) is 0 Å². The van der Waals surface area contributed by atoms with Crippen LogP contribution in [-0.4, -0.2) is 23.2 Å². The Hall–Kier alpha value is -2.80. The summed E-state index contributed by atoms with van der Waals surface area (Å²) in [6.45, 7) is 2.77. The molecule has 0 spiro atoms. The van der Waals surface area contributed by atoms with Crippen molar-refractivity contribution in [3.8, 4) is 22.6 Å². The summed E-state index contributed by atoms with van der Waals surface area (Å²) in [5, 5.41) is 0. The zero-order chi connectivity index (χ0) is 19.2. The highest BCUT2D eigenvalue weighted by molar-refractivity contribution is 9.10. The molecule has 0 unspecified atom stereocenters. The number of nitrogen functional groups attached to an aromatic ring is 2. The summed E-state index contributed by atoms with van der Waals surface area (Å²) in [7, 11) is 0. The van der Waals surface area contributed by atoms with Gasteiger partial charge in [-0.05, 0) is 42.3 Å². The number of aryl methyl sites for hydroxylation is 1. The molecule has 3 aromatic rings. The third kappa shape index (κ3) is 5.10. The van der Waals surface area contributed by atoms with E-state index in [1.807, 2.05) is 36.4 Å². The summed E-state index contributed by atoms with van der Waals surface area (Å²) in [6, 6.07) is 16.2. The van der Waals surface area contributed by atoms with Crippen molar-refractivity contribution in [3.63, 3.8) is 0 Å². The number of halogens is 1. The first-order valence-electron chi connectivity index (χ1n) is 8.54. The maximum absolute atomic E-state index is 5.81. The van der Waals surface area contributed by atoms with E-state index in [4.69, 9.17) is 20.9 Å². The average molecular weight is 429 g/mol. The Morgan fingerprint density at radius 2 is 1.44 bits per heavy atom. The van der Waals surface area contributed by atoms with E-state index in [0.29, 0.717) is 31.1 Å². The van der Waals surface area contributed by atoms with E-state index in [1.165, 1.54) is 0 Å². The molecule has 1 aromatic heterocycles. The van der Waals surface area contributed by atoms with Gasteiger partial charge in [0.05, 0.1) is 18.9 Å². The molecule has 0 aliphatic carbocycles. The second kappa shape index (κ2) is 8.73. The first-order valence-corrected chi connectivity index (χ1v) is 9.33. The minimum absolute atomic E-state index is 0.146. The number of anilines is 2. The van der Waals surface area contributed by atoms with Crippen molar-refractivity contribution in [2.24, 2.45) is 0 Å². The molecule has 3 rings (SSSR count). The van der Waals surface area contributed by atoms with Crippen LogP contribution in [0.1, 0.15) is 12.1 Å². The lowest BCUT2D eigenvalue weighted by Gasteiger charge is -2.11. The molecule has 0 bridgehead atoms. The van der Waals surface area contributed by atoms with Crippen LogP contribution in [0.5, 0.6) is 11.5 Å². The number of hydrogen-bond acceptors (Lipinski definition) is 6. The molecule has 0 saturated carbocycles. The molecule has 0 fully saturated rings. The summed E-state index contributed by atoms with van der Waals surface area (Å²) in [5.41, 5.74) is 14.3. The molecular weight excluding hydrogens is 408 g/mol. The standard InChI is InChI=1S/C20H21BrN4O2/c1-13-18(19(22)25-20(23)24-13)27-12-2-11-26-17-9-5-15(6-10-17)14-3-7-16(21)8-4-14/h3-10H,2,11-12H2,1H3,(H4,22,23,24,25). The number of aromatic nitrogens is 2. The quantitative estimate of drug-likeness (QED) is 0.546. The molecule has 0 saturated heterocycles. The number of benzene rings is 2. The van der Waals surface area contributed by atoms with Crippen molar-refractivity contribution in [3.05, 3.63) is 58.7 Å². The van der Waals surface area contributed by atoms with Gasteiger partial charge in [-0.2, -0.15) is 4.98 Å². The number of rotatable bonds is 7. The van der Waals surface area contributed by atoms with Gasteiger partial charge in [0.15, 0.2) is 11.6 Å². The summed E-state index contributed by atoms with van der Waals surface area (Å²) in [6.07, 6.45) is 0.706. The van der Waals surface area contributed by atoms with E-state index in [2.05, 4.69) is 38.0 Å². The second-order valence-electron chi connectivity index (χ2n) is 5.96. The van der Waals surface area contributed by atoms with Crippen LogP contribution < -0.4 is 20.9 Å². The molecule has 6 nitrogen and oxygen atoms in total. The van der Waals surface area contributed by atoms with Gasteiger partial charge >= 0.3 is 0 Å². The average Bonchev–Trinajstić information content (AvgIpc) is 2.64. The fraction of sp³-hybridized carbons (Fsp3) is 0.200. The van der Waals surface area contributed by atoms with Gasteiger partial charge in [-0.25, -0.2) is 4.98 Å². The van der Waals surface area contributed by atoms with Crippen molar-refractivity contribution in [1.82, 2.24) is 9.97 Å². The minimum atomic E-state index is 0.146. The lowest BCUT2D eigenvalue weighted by atomic mass is 10.1. The Morgan fingerprint density at radius 1 is 0.852 bits per heavy atom. The van der Waals surface area contributed by atoms with Crippen molar-refractivity contribution < 1.29 is 9.47 Å². The zero-order valence-electron chi connectivity index (χ0n) is 15.0. The minimum Gasteiger partial charge on any atom is -0.493 e. The highest BCUT2D eigenvalue weighted by Crippen LogP contribution is 2.25. The normalized spacial score (nSPS) is 10.6. The third-order valence-corrected chi connectivity index (χ3v) is 4.44. The van der Waals surface area contributed by atoms with Crippen LogP contribution in [0, 0.1) is 6.92 Å². The summed E-state index contributed by atoms with van der Waals surface area (Å²) < 4.78 is 12.5. The first-order chi connectivity index (χ1) is 13.0. The third-order valence-electron chi connectivity index (χ3n) is 3.91. The monoisotopic (exact) mass is 428 g/mol. The van der Waals surface area contributed by atoms with Gasteiger partial charge in [-0.15, -0.1) is 0 Å². The topological polar surface area (TPSA) is 96.3 Å². The largest absolute Gasteiger partial charge is 0.493 e. The molecule has 140 valence electrons. The maximum atomic E-state index is 5.81. The van der Waals surface area contributed by atoms with Gasteiger partial charge in [0.1, 0.15) is 5.75 Å². The SMILES string of the molecule is Cc1nc(N)nc(N)c1OCCCOc1ccc(-c2ccc(Br)cc2)cc1. The Labute approximate surface area is 166 Å². The smallest absolute Gasteiger partial charge is 0.222 e. The molecule has 0 aliphatic rings. The van der Waals surface area contributed by atoms with E-state index in [-0.39, 0.29) is 11.8 Å². The summed E-state index contributed by atoms with van der Waals surface area (Å²) in [5.74, 6) is 1.70. The van der Waals surface area contributed by atoms with Gasteiger partial charge in [-0.3, -0.25) is 0 Å². The first kappa shape index (κ1) is 19.0. The van der Waals surface area contributed by atoms with Crippen LogP contribution in [-0.2, 0) is 0 Å². The van der Waals surface area contributed by atoms with Crippen molar-refractivity contribution in [1.29, 1.82) is 0 Å². The zero-order valence-corrected chi connectivity index (χ0v) is 16.6. The molecule has 0 atom stereocenters. The van der Waals surface area contributed by atoms with Crippen molar-refractivity contribution in [2.45, 2.75) is 13.3 Å². The van der Waals surface area contributed by atoms with Gasteiger partial charge in [0, 0.05) is 10.9 Å². The van der Waals surface area contributed by atoms with Crippen molar-refractivity contribution >= 4 is 27.7 Å². The lowest BCUT2D eigenvalue weighted by Crippen LogP contribution is -2.10. The van der Waals surface area contributed by atoms with E-state index >= 15 is 0 Å². The van der Waals surface area contributed by atoms with Crippen LogP contribution in [0.15, 0.2) is 53.0 Å². The molecule has 4 N–H and O–H groups in total. The Balaban J connectivity index is 1.46. The van der Waals surface area contributed by atoms with Crippen molar-refractivity contribution in [2.75, 3.05) is 24.7 Å². The molecule has 0 aliphatic heterocycles. The predicted octanol–water partition coefficient (Wildman–Crippen LogP) is 4.23. The Morgan fingerprint density at radius 3 is 2.07 bits per heavy atom. The molecule has 7 heteroatoms. The fourth-order valence-corrected chi connectivity index (χ4v) is 2.86. The number of hydrogen-bond donors (Lipinski definition) is 2. The molecule has 27 heavy (non-hydrogen) atoms. The summed E-state index contributed by atoms with van der Waals surface area (Å²) in [4.78, 5) is 7.95. The van der Waals surface area contributed by atoms with E-state index in [0.717, 1.165) is 21.3 Å². The van der Waals surface area contributed by atoms with Gasteiger partial charge in [-0.1, -0.05) is 40.2 Å². The molecule has 0 amide bonds. The number of ether oxygens (including phenoxy) is 2. The van der Waals surface area contributed by atoms with Crippen LogP contribution >= 0.6 is 15.9 Å². The Bertz CT molecular complexity index is 876. The molecule has 1 heterocycles. The lowest BCUT2D eigenvalue weighted by molar-refractivity contribution is 0.246. The predicted molar refractivity (Wildman–Crippen MR) is 111 cm³/mol. The molecule has 2 aromatic carbocycles. The van der Waals surface area contributed by atoms with Crippen LogP contribution in [0.25, 0.3) is 11.1 Å². The van der Waals surface area contributed by atoms with Gasteiger partial charge in [0.25, 0.3) is 0 Å². The number of nitrogens with two attached hydrogens (primary N) is 2. The Kier molecular flexibility index (Phi) is 6.13. The van der Waals surface area contributed by atoms with Crippen LogP contribution in [0.2, 0.25) is 0 Å². The second-order valence-corrected chi connectivity index (χ2v) is 6.88. The molecule has 0 radical (unpaired) electrons. The fourth-order valence-electron chi connectivity index (χ4n) is 2.59. The van der Waals surface area contributed by atoms with Crippen LogP contribution in [0.4, 0.5) is 11.8 Å². The van der Waals surface area contributed by atoms with Gasteiger partial charge < -0.3 is 20.9 Å². The highest BCUT2D eigenvalue weighted by Gasteiger charge is 2.09. The maximum Gasteiger partial charge on any atom is 0.222 e.